The van der Waals surface area contributed by atoms with Gasteiger partial charge in [-0.1, -0.05) is 19.1 Å². The number of halogens is 3. The molecule has 1 unspecified atom stereocenters. The van der Waals surface area contributed by atoms with Crippen LogP contribution in [-0.4, -0.2) is 16.1 Å². The first-order valence-electron chi connectivity index (χ1n) is 7.96. The molecule has 0 radical (unpaired) electrons. The molecule has 1 atom stereocenters. The molecule has 134 valence electrons. The molecule has 2 aromatic rings. The molecule has 0 aliphatic carbocycles. The van der Waals surface area contributed by atoms with Crippen molar-refractivity contribution in [1.29, 1.82) is 0 Å². The zero-order chi connectivity index (χ0) is 18.6. The Kier molecular flexibility index (Phi) is 5.66. The van der Waals surface area contributed by atoms with E-state index in [9.17, 15) is 18.0 Å². The molecule has 0 spiro atoms. The van der Waals surface area contributed by atoms with Crippen LogP contribution in [0.2, 0.25) is 0 Å². The molecule has 1 N–H and O–H groups in total. The number of hydrogen-bond donors (Lipinski definition) is 1. The van der Waals surface area contributed by atoms with Gasteiger partial charge < -0.3 is 5.32 Å². The highest BCUT2D eigenvalue weighted by atomic mass is 19.4. The zero-order valence-electron chi connectivity index (χ0n) is 14.3. The topological polar surface area (TPSA) is 46.9 Å². The van der Waals surface area contributed by atoms with E-state index in [1.165, 1.54) is 22.8 Å². The summed E-state index contributed by atoms with van der Waals surface area (Å²) < 4.78 is 39.6. The summed E-state index contributed by atoms with van der Waals surface area (Å²) in [4.78, 5) is 17.0. The van der Waals surface area contributed by atoms with Crippen molar-refractivity contribution in [2.45, 2.75) is 32.9 Å². The largest absolute Gasteiger partial charge is 0.416 e. The lowest BCUT2D eigenvalue weighted by Crippen LogP contribution is -2.25. The fraction of sp³-hybridized carbons (Fsp3) is 0.333. The van der Waals surface area contributed by atoms with Gasteiger partial charge >= 0.3 is 6.18 Å². The minimum Gasteiger partial charge on any atom is -0.370 e. The molecule has 1 aromatic heterocycles. The van der Waals surface area contributed by atoms with Crippen molar-refractivity contribution in [2.24, 2.45) is 0 Å². The number of alkyl halides is 3. The van der Waals surface area contributed by atoms with E-state index in [0.717, 1.165) is 12.1 Å². The van der Waals surface area contributed by atoms with E-state index in [4.69, 9.17) is 0 Å². The van der Waals surface area contributed by atoms with Crippen molar-refractivity contribution >= 4 is 5.82 Å². The Balaban J connectivity index is 2.61. The summed E-state index contributed by atoms with van der Waals surface area (Å²) in [5.74, 6) is 0.724. The second-order valence-corrected chi connectivity index (χ2v) is 5.56. The predicted octanol–water partition coefficient (Wildman–Crippen LogP) is 4.36. The van der Waals surface area contributed by atoms with Gasteiger partial charge in [-0.2, -0.15) is 13.2 Å². The molecular weight excluding hydrogens is 331 g/mol. The van der Waals surface area contributed by atoms with E-state index in [0.29, 0.717) is 23.9 Å². The minimum atomic E-state index is -4.42. The Morgan fingerprint density at radius 1 is 1.28 bits per heavy atom. The number of rotatable bonds is 5. The Labute approximate surface area is 144 Å². The van der Waals surface area contributed by atoms with Crippen molar-refractivity contribution in [2.75, 3.05) is 11.9 Å². The molecule has 0 amide bonds. The summed E-state index contributed by atoms with van der Waals surface area (Å²) in [5, 5.41) is 3.00. The van der Waals surface area contributed by atoms with E-state index in [-0.39, 0.29) is 11.5 Å². The van der Waals surface area contributed by atoms with Crippen LogP contribution in [0, 0.1) is 0 Å². The Bertz CT molecular complexity index is 808. The zero-order valence-corrected chi connectivity index (χ0v) is 14.3. The smallest absolute Gasteiger partial charge is 0.370 e. The van der Waals surface area contributed by atoms with Crippen LogP contribution in [0.15, 0.2) is 47.3 Å². The Morgan fingerprint density at radius 2 is 1.92 bits per heavy atom. The molecular formula is C18H20F3N3O. The van der Waals surface area contributed by atoms with E-state index >= 15 is 0 Å². The third kappa shape index (κ3) is 4.29. The fourth-order valence-electron chi connectivity index (χ4n) is 2.51. The highest BCUT2D eigenvalue weighted by molar-refractivity contribution is 5.41. The van der Waals surface area contributed by atoms with Crippen LogP contribution in [0.25, 0.3) is 5.69 Å². The Hall–Kier alpha value is -2.57. The van der Waals surface area contributed by atoms with E-state index in [1.807, 2.05) is 32.9 Å². The SMILES string of the molecule is C/C=C\C(C)c1nc(NCC)cc(=O)n1-c1ccc(C(F)(F)F)cc1. The molecule has 0 bridgehead atoms. The second kappa shape index (κ2) is 7.55. The van der Waals surface area contributed by atoms with Gasteiger partial charge in [-0.25, -0.2) is 4.98 Å². The van der Waals surface area contributed by atoms with Gasteiger partial charge in [0.25, 0.3) is 5.56 Å². The first-order valence-corrected chi connectivity index (χ1v) is 7.96. The standard InChI is InChI=1S/C18H20F3N3O/c1-4-6-12(3)17-23-15(22-5-2)11-16(25)24(17)14-9-7-13(8-10-14)18(19,20)21/h4,6-12,22H,5H2,1-3H3/b6-4-. The van der Waals surface area contributed by atoms with E-state index in [2.05, 4.69) is 10.3 Å². The summed E-state index contributed by atoms with van der Waals surface area (Å²) in [5.41, 5.74) is -0.762. The van der Waals surface area contributed by atoms with Gasteiger partial charge in [0.05, 0.1) is 11.3 Å². The molecule has 0 aliphatic rings. The maximum absolute atomic E-state index is 12.7. The van der Waals surface area contributed by atoms with Gasteiger partial charge in [0.15, 0.2) is 0 Å². The van der Waals surface area contributed by atoms with Crippen molar-refractivity contribution in [3.8, 4) is 5.69 Å². The monoisotopic (exact) mass is 351 g/mol. The summed E-state index contributed by atoms with van der Waals surface area (Å²) in [6.07, 6.45) is -0.705. The van der Waals surface area contributed by atoms with Gasteiger partial charge in [-0.15, -0.1) is 0 Å². The number of aromatic nitrogens is 2. The first kappa shape index (κ1) is 18.8. The van der Waals surface area contributed by atoms with Crippen LogP contribution in [-0.2, 0) is 6.18 Å². The van der Waals surface area contributed by atoms with Crippen molar-refractivity contribution in [1.82, 2.24) is 9.55 Å². The van der Waals surface area contributed by atoms with Crippen LogP contribution in [0.5, 0.6) is 0 Å². The highest BCUT2D eigenvalue weighted by Gasteiger charge is 2.30. The van der Waals surface area contributed by atoms with Gasteiger partial charge in [-0.05, 0) is 38.1 Å². The average Bonchev–Trinajstić information content (AvgIpc) is 2.54. The van der Waals surface area contributed by atoms with Gasteiger partial charge in [0, 0.05) is 18.5 Å². The van der Waals surface area contributed by atoms with E-state index < -0.39 is 11.7 Å². The summed E-state index contributed by atoms with van der Waals surface area (Å²) in [6.45, 7) is 6.22. The summed E-state index contributed by atoms with van der Waals surface area (Å²) in [6, 6.07) is 5.83. The minimum absolute atomic E-state index is 0.182. The highest BCUT2D eigenvalue weighted by Crippen LogP contribution is 2.30. The molecule has 0 saturated heterocycles. The third-order valence-corrected chi connectivity index (χ3v) is 3.64. The normalized spacial score (nSPS) is 13.2. The van der Waals surface area contributed by atoms with Crippen molar-refractivity contribution < 1.29 is 13.2 Å². The van der Waals surface area contributed by atoms with Crippen LogP contribution >= 0.6 is 0 Å². The lowest BCUT2D eigenvalue weighted by Gasteiger charge is -2.17. The molecule has 25 heavy (non-hydrogen) atoms. The van der Waals surface area contributed by atoms with E-state index in [1.54, 1.807) is 0 Å². The van der Waals surface area contributed by atoms with Gasteiger partial charge in [-0.3, -0.25) is 9.36 Å². The first-order chi connectivity index (χ1) is 11.8. The number of allylic oxidation sites excluding steroid dienone is 2. The molecule has 4 nitrogen and oxygen atoms in total. The average molecular weight is 351 g/mol. The molecule has 0 aliphatic heterocycles. The maximum Gasteiger partial charge on any atom is 0.416 e. The quantitative estimate of drug-likeness (QED) is 0.814. The predicted molar refractivity (Wildman–Crippen MR) is 92.2 cm³/mol. The maximum atomic E-state index is 12.7. The number of nitrogens with one attached hydrogen (secondary N) is 1. The molecule has 0 saturated carbocycles. The molecule has 2 rings (SSSR count). The summed E-state index contributed by atoms with van der Waals surface area (Å²) in [7, 11) is 0. The second-order valence-electron chi connectivity index (χ2n) is 5.56. The third-order valence-electron chi connectivity index (χ3n) is 3.64. The molecule has 7 heteroatoms. The lowest BCUT2D eigenvalue weighted by molar-refractivity contribution is -0.137. The number of nitrogens with zero attached hydrogens (tertiary/aromatic N) is 2. The molecule has 0 fully saturated rings. The number of anilines is 1. The van der Waals surface area contributed by atoms with Crippen LogP contribution < -0.4 is 10.9 Å². The lowest BCUT2D eigenvalue weighted by atomic mass is 10.1. The summed E-state index contributed by atoms with van der Waals surface area (Å²) >= 11 is 0. The van der Waals surface area contributed by atoms with Crippen LogP contribution in [0.4, 0.5) is 19.0 Å². The Morgan fingerprint density at radius 3 is 2.44 bits per heavy atom. The molecule has 1 aromatic carbocycles. The molecule has 1 heterocycles. The van der Waals surface area contributed by atoms with Crippen LogP contribution in [0.1, 0.15) is 38.1 Å². The number of hydrogen-bond acceptors (Lipinski definition) is 3. The van der Waals surface area contributed by atoms with Crippen molar-refractivity contribution in [3.63, 3.8) is 0 Å². The fourth-order valence-corrected chi connectivity index (χ4v) is 2.51. The van der Waals surface area contributed by atoms with Crippen LogP contribution in [0.3, 0.4) is 0 Å². The van der Waals surface area contributed by atoms with Gasteiger partial charge in [0.2, 0.25) is 0 Å². The van der Waals surface area contributed by atoms with Gasteiger partial charge in [0.1, 0.15) is 11.6 Å². The van der Waals surface area contributed by atoms with Crippen molar-refractivity contribution in [3.05, 3.63) is 64.2 Å². The number of benzene rings is 1.